The minimum atomic E-state index is -4.74. The zero-order valence-corrected chi connectivity index (χ0v) is 17.7. The maximum Gasteiger partial charge on any atom is 0.573 e. The van der Waals surface area contributed by atoms with Gasteiger partial charge < -0.3 is 10.1 Å². The number of rotatable bonds is 5. The molecule has 1 fully saturated rings. The van der Waals surface area contributed by atoms with Crippen LogP contribution < -0.4 is 10.1 Å². The number of aromatic nitrogens is 1. The molecule has 0 radical (unpaired) electrons. The fourth-order valence-corrected chi connectivity index (χ4v) is 4.61. The summed E-state index contributed by atoms with van der Waals surface area (Å²) < 4.78 is 40.7. The predicted molar refractivity (Wildman–Crippen MR) is 117 cm³/mol. The van der Waals surface area contributed by atoms with Gasteiger partial charge >= 0.3 is 6.36 Å². The molecule has 4 nitrogen and oxygen atoms in total. The van der Waals surface area contributed by atoms with E-state index in [1.54, 1.807) is 0 Å². The van der Waals surface area contributed by atoms with Crippen LogP contribution in [-0.2, 0) is 4.79 Å². The Kier molecular flexibility index (Phi) is 6.35. The molecule has 1 aromatic heterocycles. The van der Waals surface area contributed by atoms with Crippen molar-refractivity contribution in [3.05, 3.63) is 66.4 Å². The lowest BCUT2D eigenvalue weighted by atomic mass is 9.73. The number of carbonyl (C=O) groups is 1. The Labute approximate surface area is 184 Å². The van der Waals surface area contributed by atoms with Crippen molar-refractivity contribution in [1.29, 1.82) is 0 Å². The van der Waals surface area contributed by atoms with Gasteiger partial charge in [-0.25, -0.2) is 0 Å². The Bertz CT molecular complexity index is 1070. The molecule has 0 aliphatic heterocycles. The Morgan fingerprint density at radius 2 is 1.72 bits per heavy atom. The van der Waals surface area contributed by atoms with E-state index in [0.29, 0.717) is 11.6 Å². The van der Waals surface area contributed by atoms with Gasteiger partial charge in [0.05, 0.1) is 5.52 Å². The highest BCUT2D eigenvalue weighted by Crippen LogP contribution is 2.40. The molecule has 1 aliphatic rings. The number of halogens is 3. The number of nitrogens with one attached hydrogen (secondary N) is 1. The number of nitrogens with zero attached hydrogens (tertiary/aromatic N) is 1. The van der Waals surface area contributed by atoms with E-state index in [1.807, 2.05) is 31.3 Å². The van der Waals surface area contributed by atoms with E-state index >= 15 is 0 Å². The summed E-state index contributed by atoms with van der Waals surface area (Å²) in [6.45, 7) is 1.92. The van der Waals surface area contributed by atoms with Crippen LogP contribution in [0.5, 0.6) is 5.75 Å². The van der Waals surface area contributed by atoms with Gasteiger partial charge in [0.15, 0.2) is 0 Å². The van der Waals surface area contributed by atoms with Crippen LogP contribution in [0.1, 0.15) is 44.1 Å². The molecule has 1 unspecified atom stereocenters. The molecule has 1 heterocycles. The summed E-state index contributed by atoms with van der Waals surface area (Å²) in [4.78, 5) is 17.2. The number of alkyl halides is 3. The molecule has 3 aromatic rings. The highest BCUT2D eigenvalue weighted by atomic mass is 19.4. The maximum atomic E-state index is 12.7. The van der Waals surface area contributed by atoms with Gasteiger partial charge in [-0.05, 0) is 79.5 Å². The molecule has 32 heavy (non-hydrogen) atoms. The van der Waals surface area contributed by atoms with Crippen molar-refractivity contribution in [2.24, 2.45) is 11.8 Å². The summed E-state index contributed by atoms with van der Waals surface area (Å²) in [7, 11) is 0. The monoisotopic (exact) mass is 442 g/mol. The van der Waals surface area contributed by atoms with E-state index in [9.17, 15) is 18.0 Å². The summed E-state index contributed by atoms with van der Waals surface area (Å²) in [5, 5.41) is 4.01. The minimum absolute atomic E-state index is 0.118. The predicted octanol–water partition coefficient (Wildman–Crippen LogP) is 6.68. The van der Waals surface area contributed by atoms with Gasteiger partial charge in [-0.2, -0.15) is 0 Å². The first-order valence-corrected chi connectivity index (χ1v) is 10.8. The lowest BCUT2D eigenvalue weighted by molar-refractivity contribution is -0.274. The largest absolute Gasteiger partial charge is 0.573 e. The molecule has 4 rings (SSSR count). The maximum absolute atomic E-state index is 12.7. The quantitative estimate of drug-likeness (QED) is 0.479. The van der Waals surface area contributed by atoms with Crippen LogP contribution in [0.4, 0.5) is 18.9 Å². The van der Waals surface area contributed by atoms with E-state index in [2.05, 4.69) is 27.2 Å². The second-order valence-corrected chi connectivity index (χ2v) is 8.38. The van der Waals surface area contributed by atoms with Crippen molar-refractivity contribution in [1.82, 2.24) is 4.98 Å². The lowest BCUT2D eigenvalue weighted by Gasteiger charge is -2.32. The van der Waals surface area contributed by atoms with Crippen LogP contribution in [0.25, 0.3) is 10.9 Å². The van der Waals surface area contributed by atoms with Crippen molar-refractivity contribution < 1.29 is 22.7 Å². The Morgan fingerprint density at radius 1 is 1.03 bits per heavy atom. The smallest absolute Gasteiger partial charge is 0.406 e. The highest BCUT2D eigenvalue weighted by Gasteiger charge is 2.32. The summed E-state index contributed by atoms with van der Waals surface area (Å²) >= 11 is 0. The van der Waals surface area contributed by atoms with Crippen LogP contribution in [0.15, 0.2) is 60.8 Å². The molecular formula is C25H25F3N2O2. The number of hydrogen-bond donors (Lipinski definition) is 1. The fourth-order valence-electron chi connectivity index (χ4n) is 4.61. The molecule has 0 spiro atoms. The number of carbonyl (C=O) groups excluding carboxylic acids is 1. The van der Waals surface area contributed by atoms with Gasteiger partial charge in [-0.1, -0.05) is 25.1 Å². The normalized spacial score (nSPS) is 20.0. The molecule has 1 saturated carbocycles. The summed E-state index contributed by atoms with van der Waals surface area (Å²) in [5.74, 6) is 0.108. The second kappa shape index (κ2) is 9.18. The number of anilines is 1. The number of fused-ring (bicyclic) bond motifs is 1. The van der Waals surface area contributed by atoms with Crippen LogP contribution in [0, 0.1) is 11.8 Å². The van der Waals surface area contributed by atoms with Gasteiger partial charge in [0.1, 0.15) is 5.75 Å². The Morgan fingerprint density at radius 3 is 2.41 bits per heavy atom. The third-order valence-electron chi connectivity index (χ3n) is 6.37. The molecule has 1 amide bonds. The average molecular weight is 442 g/mol. The first-order valence-electron chi connectivity index (χ1n) is 10.8. The second-order valence-electron chi connectivity index (χ2n) is 8.38. The van der Waals surface area contributed by atoms with Crippen molar-refractivity contribution >= 4 is 22.5 Å². The molecule has 1 aliphatic carbocycles. The zero-order valence-electron chi connectivity index (χ0n) is 17.7. The Hall–Kier alpha value is -3.09. The van der Waals surface area contributed by atoms with Crippen molar-refractivity contribution in [2.75, 3.05) is 5.32 Å². The molecule has 168 valence electrons. The Balaban J connectivity index is 1.34. The third kappa shape index (κ3) is 5.21. The van der Waals surface area contributed by atoms with Crippen molar-refractivity contribution in [3.8, 4) is 5.75 Å². The molecule has 1 atom stereocenters. The molecule has 2 aromatic carbocycles. The highest BCUT2D eigenvalue weighted by molar-refractivity contribution is 5.92. The van der Waals surface area contributed by atoms with Gasteiger partial charge in [0.2, 0.25) is 5.91 Å². The number of para-hydroxylation sites is 1. The molecule has 7 heteroatoms. The van der Waals surface area contributed by atoms with Crippen LogP contribution in [-0.4, -0.2) is 17.3 Å². The SMILES string of the molecule is CC(C(=O)Nc1ccc(OC(F)(F)F)cc1)C1CCC(c2ccnc3ccccc23)CC1. The molecule has 0 saturated heterocycles. The molecule has 0 bridgehead atoms. The first-order chi connectivity index (χ1) is 15.3. The zero-order chi connectivity index (χ0) is 22.7. The number of benzene rings is 2. The van der Waals surface area contributed by atoms with Gasteiger partial charge in [0.25, 0.3) is 0 Å². The van der Waals surface area contributed by atoms with E-state index in [-0.39, 0.29) is 23.5 Å². The number of amides is 1. The standard InChI is InChI=1S/C25H25F3N2O2/c1-16(24(31)30-19-10-12-20(13-11-19)32-25(26,27)28)17-6-8-18(9-7-17)21-14-15-29-23-5-3-2-4-22(21)23/h2-5,10-18H,6-9H2,1H3,(H,30,31). The summed E-state index contributed by atoms with van der Waals surface area (Å²) in [5.41, 5.74) is 2.78. The molecular weight excluding hydrogens is 417 g/mol. The number of ether oxygens (including phenoxy) is 1. The third-order valence-corrected chi connectivity index (χ3v) is 6.37. The van der Waals surface area contributed by atoms with E-state index in [0.717, 1.165) is 31.2 Å². The van der Waals surface area contributed by atoms with Crippen molar-refractivity contribution in [3.63, 3.8) is 0 Å². The van der Waals surface area contributed by atoms with Gasteiger partial charge in [-0.15, -0.1) is 13.2 Å². The van der Waals surface area contributed by atoms with E-state index < -0.39 is 6.36 Å². The van der Waals surface area contributed by atoms with Crippen LogP contribution in [0.2, 0.25) is 0 Å². The summed E-state index contributed by atoms with van der Waals surface area (Å²) in [6, 6.07) is 15.5. The lowest BCUT2D eigenvalue weighted by Crippen LogP contribution is -2.29. The number of hydrogen-bond acceptors (Lipinski definition) is 3. The van der Waals surface area contributed by atoms with E-state index in [1.165, 1.54) is 35.2 Å². The van der Waals surface area contributed by atoms with Crippen LogP contribution >= 0.6 is 0 Å². The first kappa shape index (κ1) is 22.1. The minimum Gasteiger partial charge on any atom is -0.406 e. The summed E-state index contributed by atoms with van der Waals surface area (Å²) in [6.07, 6.45) is 1.06. The van der Waals surface area contributed by atoms with Crippen molar-refractivity contribution in [2.45, 2.75) is 44.9 Å². The number of pyridine rings is 1. The van der Waals surface area contributed by atoms with Gasteiger partial charge in [-0.3, -0.25) is 9.78 Å². The fraction of sp³-hybridized carbons (Fsp3) is 0.360. The topological polar surface area (TPSA) is 51.2 Å². The van der Waals surface area contributed by atoms with Gasteiger partial charge in [0, 0.05) is 23.2 Å². The average Bonchev–Trinajstić information content (AvgIpc) is 2.78. The van der Waals surface area contributed by atoms with E-state index in [4.69, 9.17) is 0 Å². The molecule has 1 N–H and O–H groups in total. The van der Waals surface area contributed by atoms with Crippen LogP contribution in [0.3, 0.4) is 0 Å².